The van der Waals surface area contributed by atoms with E-state index in [9.17, 15) is 13.2 Å². The SMILES string of the molecule is CCCNC(c1ccccc1Cl)c1ccc(F)c(F)c1F. The fourth-order valence-corrected chi connectivity index (χ4v) is 2.39. The standard InChI is InChI=1S/C16H15ClF3N/c1-2-9-21-16(10-5-3-4-6-12(10)17)11-7-8-13(18)15(20)14(11)19/h3-8,16,21H,2,9H2,1H3. The molecule has 2 rings (SSSR count). The predicted molar refractivity (Wildman–Crippen MR) is 77.9 cm³/mol. The van der Waals surface area contributed by atoms with Gasteiger partial charge in [0.05, 0.1) is 6.04 Å². The fraction of sp³-hybridized carbons (Fsp3) is 0.250. The maximum Gasteiger partial charge on any atom is 0.194 e. The van der Waals surface area contributed by atoms with Crippen LogP contribution in [0.1, 0.15) is 30.5 Å². The first-order valence-corrected chi connectivity index (χ1v) is 7.05. The van der Waals surface area contributed by atoms with Crippen molar-refractivity contribution in [1.82, 2.24) is 5.32 Å². The first-order chi connectivity index (χ1) is 10.1. The van der Waals surface area contributed by atoms with Crippen LogP contribution in [0.25, 0.3) is 0 Å². The van der Waals surface area contributed by atoms with E-state index < -0.39 is 23.5 Å². The van der Waals surface area contributed by atoms with Gasteiger partial charge in [-0.1, -0.05) is 42.8 Å². The van der Waals surface area contributed by atoms with Crippen molar-refractivity contribution in [3.8, 4) is 0 Å². The zero-order valence-electron chi connectivity index (χ0n) is 11.5. The smallest absolute Gasteiger partial charge is 0.194 e. The second-order valence-corrected chi connectivity index (χ2v) is 5.08. The Balaban J connectivity index is 2.51. The van der Waals surface area contributed by atoms with E-state index >= 15 is 0 Å². The Labute approximate surface area is 126 Å². The van der Waals surface area contributed by atoms with E-state index in [2.05, 4.69) is 5.32 Å². The lowest BCUT2D eigenvalue weighted by Gasteiger charge is -2.21. The summed E-state index contributed by atoms with van der Waals surface area (Å²) in [6.07, 6.45) is 0.812. The maximum atomic E-state index is 14.1. The molecular weight excluding hydrogens is 299 g/mol. The Morgan fingerprint density at radius 2 is 1.71 bits per heavy atom. The topological polar surface area (TPSA) is 12.0 Å². The van der Waals surface area contributed by atoms with Gasteiger partial charge in [-0.05, 0) is 30.7 Å². The molecule has 2 aromatic rings. The summed E-state index contributed by atoms with van der Waals surface area (Å²) in [5.74, 6) is -3.86. The molecule has 21 heavy (non-hydrogen) atoms. The molecule has 1 unspecified atom stereocenters. The highest BCUT2D eigenvalue weighted by Crippen LogP contribution is 2.31. The molecule has 0 fully saturated rings. The van der Waals surface area contributed by atoms with Gasteiger partial charge in [0.15, 0.2) is 17.5 Å². The van der Waals surface area contributed by atoms with Crippen LogP contribution in [-0.2, 0) is 0 Å². The molecular formula is C16H15ClF3N. The van der Waals surface area contributed by atoms with Gasteiger partial charge in [-0.15, -0.1) is 0 Å². The highest BCUT2D eigenvalue weighted by molar-refractivity contribution is 6.31. The molecule has 0 spiro atoms. The summed E-state index contributed by atoms with van der Waals surface area (Å²) >= 11 is 6.14. The van der Waals surface area contributed by atoms with Gasteiger partial charge in [-0.25, -0.2) is 13.2 Å². The summed E-state index contributed by atoms with van der Waals surface area (Å²) in [6, 6.07) is 8.46. The van der Waals surface area contributed by atoms with Crippen LogP contribution < -0.4 is 5.32 Å². The molecule has 0 saturated carbocycles. The summed E-state index contributed by atoms with van der Waals surface area (Å²) in [4.78, 5) is 0. The summed E-state index contributed by atoms with van der Waals surface area (Å²) in [5, 5.41) is 3.56. The highest BCUT2D eigenvalue weighted by atomic mass is 35.5. The third kappa shape index (κ3) is 3.39. The van der Waals surface area contributed by atoms with Crippen molar-refractivity contribution in [3.05, 3.63) is 70.0 Å². The fourth-order valence-electron chi connectivity index (χ4n) is 2.15. The van der Waals surface area contributed by atoms with Crippen molar-refractivity contribution in [2.24, 2.45) is 0 Å². The normalized spacial score (nSPS) is 12.4. The molecule has 0 radical (unpaired) electrons. The molecule has 2 aromatic carbocycles. The number of halogens is 4. The molecule has 0 aromatic heterocycles. The first-order valence-electron chi connectivity index (χ1n) is 6.67. The van der Waals surface area contributed by atoms with Crippen LogP contribution in [-0.4, -0.2) is 6.54 Å². The molecule has 0 bridgehead atoms. The Morgan fingerprint density at radius 1 is 1.00 bits per heavy atom. The number of benzene rings is 2. The van der Waals surface area contributed by atoms with Crippen molar-refractivity contribution in [2.45, 2.75) is 19.4 Å². The Hall–Kier alpha value is -1.52. The molecule has 1 atom stereocenters. The zero-order chi connectivity index (χ0) is 15.4. The minimum Gasteiger partial charge on any atom is -0.306 e. The second-order valence-electron chi connectivity index (χ2n) is 4.67. The first kappa shape index (κ1) is 15.9. The molecule has 5 heteroatoms. The van der Waals surface area contributed by atoms with E-state index in [0.717, 1.165) is 12.5 Å². The Morgan fingerprint density at radius 3 is 2.38 bits per heavy atom. The molecule has 0 aliphatic carbocycles. The minimum absolute atomic E-state index is 0.0375. The van der Waals surface area contributed by atoms with Gasteiger partial charge >= 0.3 is 0 Å². The molecule has 0 heterocycles. The van der Waals surface area contributed by atoms with Gasteiger partial charge in [-0.2, -0.15) is 0 Å². The van der Waals surface area contributed by atoms with Gasteiger partial charge in [0, 0.05) is 10.6 Å². The largest absolute Gasteiger partial charge is 0.306 e. The van der Waals surface area contributed by atoms with Gasteiger partial charge in [0.25, 0.3) is 0 Å². The van der Waals surface area contributed by atoms with Crippen LogP contribution in [0, 0.1) is 17.5 Å². The number of rotatable bonds is 5. The molecule has 112 valence electrons. The van der Waals surface area contributed by atoms with E-state index in [0.29, 0.717) is 17.1 Å². The van der Waals surface area contributed by atoms with E-state index in [1.807, 2.05) is 6.92 Å². The van der Waals surface area contributed by atoms with E-state index in [-0.39, 0.29) is 5.56 Å². The summed E-state index contributed by atoms with van der Waals surface area (Å²) in [6.45, 7) is 2.55. The van der Waals surface area contributed by atoms with Crippen molar-refractivity contribution in [1.29, 1.82) is 0 Å². The number of hydrogen-bond acceptors (Lipinski definition) is 1. The van der Waals surface area contributed by atoms with Crippen LogP contribution in [0.5, 0.6) is 0 Å². The Kier molecular flexibility index (Phi) is 5.26. The van der Waals surface area contributed by atoms with Gasteiger partial charge in [0.2, 0.25) is 0 Å². The summed E-state index contributed by atoms with van der Waals surface area (Å²) < 4.78 is 40.6. The number of nitrogens with one attached hydrogen (secondary N) is 1. The van der Waals surface area contributed by atoms with Crippen molar-refractivity contribution in [3.63, 3.8) is 0 Å². The van der Waals surface area contributed by atoms with Gasteiger partial charge in [-0.3, -0.25) is 0 Å². The summed E-state index contributed by atoms with van der Waals surface area (Å²) in [7, 11) is 0. The van der Waals surface area contributed by atoms with Gasteiger partial charge < -0.3 is 5.32 Å². The van der Waals surface area contributed by atoms with Crippen LogP contribution >= 0.6 is 11.6 Å². The molecule has 0 saturated heterocycles. The lowest BCUT2D eigenvalue weighted by Crippen LogP contribution is -2.25. The minimum atomic E-state index is -1.47. The van der Waals surface area contributed by atoms with Crippen LogP contribution in [0.3, 0.4) is 0 Å². The molecule has 1 nitrogen and oxygen atoms in total. The maximum absolute atomic E-state index is 14.1. The van der Waals surface area contributed by atoms with Crippen LogP contribution in [0.2, 0.25) is 5.02 Å². The van der Waals surface area contributed by atoms with Crippen LogP contribution in [0.15, 0.2) is 36.4 Å². The van der Waals surface area contributed by atoms with E-state index in [1.165, 1.54) is 6.07 Å². The Bertz CT molecular complexity index is 631. The summed E-state index contributed by atoms with van der Waals surface area (Å²) in [5.41, 5.74) is 0.660. The van der Waals surface area contributed by atoms with Crippen LogP contribution in [0.4, 0.5) is 13.2 Å². The van der Waals surface area contributed by atoms with Crippen molar-refractivity contribution >= 4 is 11.6 Å². The molecule has 0 aliphatic rings. The average Bonchev–Trinajstić information content (AvgIpc) is 2.48. The van der Waals surface area contributed by atoms with Crippen molar-refractivity contribution < 1.29 is 13.2 Å². The highest BCUT2D eigenvalue weighted by Gasteiger charge is 2.23. The average molecular weight is 314 g/mol. The van der Waals surface area contributed by atoms with Gasteiger partial charge in [0.1, 0.15) is 0 Å². The lowest BCUT2D eigenvalue weighted by atomic mass is 9.97. The molecule has 0 aliphatic heterocycles. The monoisotopic (exact) mass is 313 g/mol. The lowest BCUT2D eigenvalue weighted by molar-refractivity contribution is 0.432. The molecule has 0 amide bonds. The van der Waals surface area contributed by atoms with E-state index in [4.69, 9.17) is 11.6 Å². The predicted octanol–water partition coefficient (Wildman–Crippen LogP) is 4.85. The number of hydrogen-bond donors (Lipinski definition) is 1. The van der Waals surface area contributed by atoms with E-state index in [1.54, 1.807) is 24.3 Å². The third-order valence-electron chi connectivity index (χ3n) is 3.19. The van der Waals surface area contributed by atoms with Crippen molar-refractivity contribution in [2.75, 3.05) is 6.54 Å². The third-order valence-corrected chi connectivity index (χ3v) is 3.53. The zero-order valence-corrected chi connectivity index (χ0v) is 12.2. The molecule has 1 N–H and O–H groups in total. The quantitative estimate of drug-likeness (QED) is 0.778. The second kappa shape index (κ2) is 6.96.